The fraction of sp³-hybridized carbons (Fsp3) is 0.400. The second-order valence-electron chi connectivity index (χ2n) is 1.42. The topological polar surface area (TPSA) is 74.3 Å². The van der Waals surface area contributed by atoms with E-state index in [9.17, 15) is 19.5 Å². The second-order valence-corrected chi connectivity index (χ2v) is 1.42. The van der Waals surface area contributed by atoms with Gasteiger partial charge in [0.05, 0.1) is 0 Å². The van der Waals surface area contributed by atoms with Gasteiger partial charge >= 0.3 is 29.6 Å². The van der Waals surface area contributed by atoms with E-state index in [0.29, 0.717) is 6.29 Å². The van der Waals surface area contributed by atoms with Crippen LogP contribution in [0.2, 0.25) is 0 Å². The summed E-state index contributed by atoms with van der Waals surface area (Å²) in [4.78, 5) is 29.3. The van der Waals surface area contributed by atoms with Gasteiger partial charge in [0.2, 0.25) is 0 Å². The van der Waals surface area contributed by atoms with Crippen LogP contribution >= 0.6 is 0 Å². The first-order chi connectivity index (χ1) is 4.18. The molecule has 0 saturated carbocycles. The van der Waals surface area contributed by atoms with Gasteiger partial charge in [0, 0.05) is 12.8 Å². The summed E-state index contributed by atoms with van der Waals surface area (Å²) in [6.07, 6.45) is 0.180. The van der Waals surface area contributed by atoms with Crippen LogP contribution in [0.1, 0.15) is 12.8 Å². The number of hydrogen-bond donors (Lipinski definition) is 0. The Hall–Kier alpha value is -0.190. The molecule has 0 aliphatic rings. The van der Waals surface area contributed by atoms with Crippen molar-refractivity contribution in [1.82, 2.24) is 0 Å². The van der Waals surface area contributed by atoms with E-state index in [4.69, 9.17) is 0 Å². The molecule has 0 N–H and O–H groups in total. The zero-order valence-electron chi connectivity index (χ0n) is 5.62. The molecule has 0 atom stereocenters. The van der Waals surface area contributed by atoms with Crippen molar-refractivity contribution in [3.63, 3.8) is 0 Å². The summed E-state index contributed by atoms with van der Waals surface area (Å²) in [7, 11) is 0. The Morgan fingerprint density at radius 1 is 1.40 bits per heavy atom. The number of carbonyl (C=O) groups excluding carboxylic acids is 3. The third kappa shape index (κ3) is 5.94. The Morgan fingerprint density at radius 2 is 1.90 bits per heavy atom. The molecule has 0 spiro atoms. The Kier molecular flexibility index (Phi) is 8.64. The number of Topliss-reactive ketones (excluding diaryl/α,β-unsaturated/α-hetero) is 1. The maximum atomic E-state index is 10.1. The average molecular weight is 152 g/mol. The third-order valence-electron chi connectivity index (χ3n) is 0.717. The molecule has 5 heteroatoms. The zero-order valence-corrected chi connectivity index (χ0v) is 7.62. The standard InChI is InChI=1S/C5H6O4.Na/c6-3-1-2-4(7)5(8)9;/h3H,1-2H2,(H,8,9);/q;+1/p-1. The van der Waals surface area contributed by atoms with Gasteiger partial charge in [-0.05, 0) is 0 Å². The quantitative estimate of drug-likeness (QED) is 0.230. The summed E-state index contributed by atoms with van der Waals surface area (Å²) in [6.45, 7) is 0. The van der Waals surface area contributed by atoms with E-state index >= 15 is 0 Å². The molecule has 0 amide bonds. The van der Waals surface area contributed by atoms with Crippen LogP contribution in [0.4, 0.5) is 0 Å². The summed E-state index contributed by atoms with van der Waals surface area (Å²) >= 11 is 0. The molecule has 0 rings (SSSR count). The van der Waals surface area contributed by atoms with Crippen molar-refractivity contribution < 1.29 is 49.0 Å². The van der Waals surface area contributed by atoms with Crippen molar-refractivity contribution >= 4 is 18.0 Å². The van der Waals surface area contributed by atoms with Crippen molar-refractivity contribution in [2.75, 3.05) is 0 Å². The molecule has 0 aliphatic carbocycles. The van der Waals surface area contributed by atoms with Crippen LogP contribution in [0.25, 0.3) is 0 Å². The second kappa shape index (κ2) is 6.92. The maximum absolute atomic E-state index is 10.1. The largest absolute Gasteiger partial charge is 1.00 e. The van der Waals surface area contributed by atoms with Crippen molar-refractivity contribution in [3.05, 3.63) is 0 Å². The van der Waals surface area contributed by atoms with Gasteiger partial charge in [0.15, 0.2) is 5.78 Å². The number of aldehydes is 1. The first-order valence-corrected chi connectivity index (χ1v) is 2.36. The fourth-order valence-corrected chi connectivity index (χ4v) is 0.292. The average Bonchev–Trinajstić information content (AvgIpc) is 1.82. The summed E-state index contributed by atoms with van der Waals surface area (Å²) in [5.74, 6) is -2.75. The minimum Gasteiger partial charge on any atom is -0.542 e. The van der Waals surface area contributed by atoms with Crippen LogP contribution < -0.4 is 34.7 Å². The zero-order chi connectivity index (χ0) is 7.28. The van der Waals surface area contributed by atoms with Gasteiger partial charge in [-0.25, -0.2) is 0 Å². The Bertz CT molecular complexity index is 143. The van der Waals surface area contributed by atoms with Gasteiger partial charge in [0.1, 0.15) is 12.3 Å². The minimum absolute atomic E-state index is 0. The van der Waals surface area contributed by atoms with Gasteiger partial charge in [0.25, 0.3) is 0 Å². The molecule has 4 nitrogen and oxygen atoms in total. The summed E-state index contributed by atoms with van der Waals surface area (Å²) in [5.41, 5.74) is 0. The van der Waals surface area contributed by atoms with E-state index in [1.807, 2.05) is 0 Å². The number of carboxylic acids is 1. The molecule has 0 heterocycles. The number of carbonyl (C=O) groups is 3. The smallest absolute Gasteiger partial charge is 0.542 e. The number of ketones is 1. The molecule has 0 unspecified atom stereocenters. The molecule has 50 valence electrons. The van der Waals surface area contributed by atoms with Crippen LogP contribution in [0.15, 0.2) is 0 Å². The molecule has 0 aliphatic heterocycles. The molecular formula is C5H5NaO4. The van der Waals surface area contributed by atoms with Crippen LogP contribution in [0.3, 0.4) is 0 Å². The van der Waals surface area contributed by atoms with Gasteiger partial charge in [-0.3, -0.25) is 4.79 Å². The van der Waals surface area contributed by atoms with Crippen LogP contribution in [-0.4, -0.2) is 18.0 Å². The normalized spacial score (nSPS) is 7.60. The summed E-state index contributed by atoms with van der Waals surface area (Å²) < 4.78 is 0. The van der Waals surface area contributed by atoms with Crippen LogP contribution in [-0.2, 0) is 14.4 Å². The Morgan fingerprint density at radius 3 is 2.20 bits per heavy atom. The fourth-order valence-electron chi connectivity index (χ4n) is 0.292. The predicted octanol–water partition coefficient (Wildman–Crippen LogP) is -4.71. The SMILES string of the molecule is O=CCCC(=O)C(=O)[O-].[Na+]. The molecule has 0 aromatic carbocycles. The number of carboxylic acid groups (broad SMARTS) is 1. The molecule has 0 fully saturated rings. The Balaban J connectivity index is 0. The molecule has 0 aromatic heterocycles. The van der Waals surface area contributed by atoms with Gasteiger partial charge in [-0.1, -0.05) is 0 Å². The maximum Gasteiger partial charge on any atom is 1.00 e. The van der Waals surface area contributed by atoms with E-state index in [2.05, 4.69) is 0 Å². The van der Waals surface area contributed by atoms with Crippen LogP contribution in [0, 0.1) is 0 Å². The Labute approximate surface area is 79.9 Å². The third-order valence-corrected chi connectivity index (χ3v) is 0.717. The van der Waals surface area contributed by atoms with E-state index in [0.717, 1.165) is 0 Å². The number of rotatable bonds is 4. The molecule has 0 saturated heterocycles. The van der Waals surface area contributed by atoms with Crippen molar-refractivity contribution in [2.45, 2.75) is 12.8 Å². The van der Waals surface area contributed by atoms with Crippen molar-refractivity contribution in [2.24, 2.45) is 0 Å². The van der Waals surface area contributed by atoms with Crippen molar-refractivity contribution in [1.29, 1.82) is 0 Å². The predicted molar refractivity (Wildman–Crippen MR) is 25.3 cm³/mol. The van der Waals surface area contributed by atoms with E-state index in [1.165, 1.54) is 0 Å². The van der Waals surface area contributed by atoms with E-state index in [1.54, 1.807) is 0 Å². The molecular weight excluding hydrogens is 147 g/mol. The van der Waals surface area contributed by atoms with E-state index < -0.39 is 11.8 Å². The molecule has 10 heavy (non-hydrogen) atoms. The van der Waals surface area contributed by atoms with Crippen LogP contribution in [0.5, 0.6) is 0 Å². The monoisotopic (exact) mass is 152 g/mol. The minimum atomic E-state index is -1.73. The summed E-state index contributed by atoms with van der Waals surface area (Å²) in [6, 6.07) is 0. The first kappa shape index (κ1) is 12.5. The van der Waals surface area contributed by atoms with Gasteiger partial charge in [-0.2, -0.15) is 0 Å². The van der Waals surface area contributed by atoms with Crippen molar-refractivity contribution in [3.8, 4) is 0 Å². The molecule has 0 bridgehead atoms. The number of hydrogen-bond acceptors (Lipinski definition) is 4. The number of aliphatic carboxylic acids is 1. The molecule has 0 aromatic rings. The van der Waals surface area contributed by atoms with E-state index in [-0.39, 0.29) is 42.4 Å². The first-order valence-electron chi connectivity index (χ1n) is 2.36. The van der Waals surface area contributed by atoms with Gasteiger partial charge in [-0.15, -0.1) is 0 Å². The van der Waals surface area contributed by atoms with Gasteiger partial charge < -0.3 is 14.7 Å². The summed E-state index contributed by atoms with van der Waals surface area (Å²) in [5, 5.41) is 9.63. The molecule has 0 radical (unpaired) electrons.